The van der Waals surface area contributed by atoms with E-state index in [-0.39, 0.29) is 0 Å². The summed E-state index contributed by atoms with van der Waals surface area (Å²) in [5.41, 5.74) is 4.76. The second kappa shape index (κ2) is 13.7. The van der Waals surface area contributed by atoms with Crippen molar-refractivity contribution in [3.8, 4) is 35.2 Å². The standard InChI is InChI=1S/C34H24N4O2/c1-2-7-31(8-3-1)37-38-32-13-15-33(16-14-32)39-25-26-40-34-29(11-9-27-17-21-35-22-18-27)5-4-6-30(34)12-10-28-19-23-36-24-20-28/h1-8,13-24H,25-26H2. The predicted molar refractivity (Wildman–Crippen MR) is 155 cm³/mol. The van der Waals surface area contributed by atoms with Crippen molar-refractivity contribution in [2.24, 2.45) is 10.2 Å². The van der Waals surface area contributed by atoms with Crippen LogP contribution in [-0.2, 0) is 0 Å². The van der Waals surface area contributed by atoms with Crippen LogP contribution < -0.4 is 9.47 Å². The third-order valence-electron chi connectivity index (χ3n) is 5.53. The minimum Gasteiger partial charge on any atom is -0.490 e. The van der Waals surface area contributed by atoms with Crippen molar-refractivity contribution < 1.29 is 9.47 Å². The van der Waals surface area contributed by atoms with Crippen LogP contribution in [0.1, 0.15) is 22.3 Å². The summed E-state index contributed by atoms with van der Waals surface area (Å²) >= 11 is 0. The normalized spacial score (nSPS) is 10.2. The smallest absolute Gasteiger partial charge is 0.150 e. The Bertz CT molecular complexity index is 1610. The summed E-state index contributed by atoms with van der Waals surface area (Å²) in [7, 11) is 0. The van der Waals surface area contributed by atoms with Crippen LogP contribution >= 0.6 is 0 Å². The van der Waals surface area contributed by atoms with Gasteiger partial charge in [0.25, 0.3) is 0 Å². The minimum atomic E-state index is 0.313. The number of hydrogen-bond acceptors (Lipinski definition) is 6. The van der Waals surface area contributed by atoms with Gasteiger partial charge in [-0.1, -0.05) is 47.9 Å². The lowest BCUT2D eigenvalue weighted by Gasteiger charge is -2.12. The Hall–Kier alpha value is -5.72. The highest BCUT2D eigenvalue weighted by atomic mass is 16.5. The fourth-order valence-electron chi connectivity index (χ4n) is 3.56. The second-order valence-electron chi connectivity index (χ2n) is 8.38. The van der Waals surface area contributed by atoms with Crippen molar-refractivity contribution in [2.45, 2.75) is 0 Å². The minimum absolute atomic E-state index is 0.313. The summed E-state index contributed by atoms with van der Waals surface area (Å²) < 4.78 is 12.1. The highest BCUT2D eigenvalue weighted by Gasteiger charge is 2.08. The van der Waals surface area contributed by atoms with Crippen molar-refractivity contribution in [1.29, 1.82) is 0 Å². The van der Waals surface area contributed by atoms with Gasteiger partial charge in [-0.2, -0.15) is 10.2 Å². The SMILES string of the molecule is C(#Cc1cccc(C#Cc2ccncc2)c1OCCOc1ccc(N=Nc2ccccc2)cc1)c1ccncc1. The van der Waals surface area contributed by atoms with Gasteiger partial charge in [-0.3, -0.25) is 9.97 Å². The van der Waals surface area contributed by atoms with Gasteiger partial charge in [0.15, 0.2) is 5.75 Å². The Morgan fingerprint density at radius 1 is 0.500 bits per heavy atom. The van der Waals surface area contributed by atoms with Gasteiger partial charge in [-0.15, -0.1) is 0 Å². The molecule has 0 bridgehead atoms. The van der Waals surface area contributed by atoms with Crippen LogP contribution in [0.25, 0.3) is 0 Å². The van der Waals surface area contributed by atoms with Crippen molar-refractivity contribution >= 4 is 11.4 Å². The van der Waals surface area contributed by atoms with Crippen LogP contribution in [0.15, 0.2) is 132 Å². The number of rotatable bonds is 7. The number of benzene rings is 3. The average molecular weight is 521 g/mol. The zero-order valence-electron chi connectivity index (χ0n) is 21.6. The molecular weight excluding hydrogens is 496 g/mol. The number of hydrogen-bond donors (Lipinski definition) is 0. The van der Waals surface area contributed by atoms with Crippen LogP contribution in [0.4, 0.5) is 11.4 Å². The second-order valence-corrected chi connectivity index (χ2v) is 8.38. The summed E-state index contributed by atoms with van der Waals surface area (Å²) in [5, 5.41) is 8.50. The van der Waals surface area contributed by atoms with Gasteiger partial charge in [0.2, 0.25) is 0 Å². The molecule has 0 aliphatic heterocycles. The van der Waals surface area contributed by atoms with Crippen molar-refractivity contribution in [3.63, 3.8) is 0 Å². The Labute approximate surface area is 233 Å². The van der Waals surface area contributed by atoms with Crippen LogP contribution in [0.2, 0.25) is 0 Å². The van der Waals surface area contributed by atoms with Crippen LogP contribution in [0.5, 0.6) is 11.5 Å². The molecule has 0 fully saturated rings. The van der Waals surface area contributed by atoms with Crippen molar-refractivity contribution in [2.75, 3.05) is 13.2 Å². The number of para-hydroxylation sites is 1. The molecule has 0 spiro atoms. The van der Waals surface area contributed by atoms with E-state index >= 15 is 0 Å². The predicted octanol–water partition coefficient (Wildman–Crippen LogP) is 7.15. The van der Waals surface area contributed by atoms with E-state index in [0.717, 1.165) is 33.6 Å². The largest absolute Gasteiger partial charge is 0.490 e. The summed E-state index contributed by atoms with van der Waals surface area (Å²) in [6, 6.07) is 30.3. The lowest BCUT2D eigenvalue weighted by atomic mass is 10.1. The lowest BCUT2D eigenvalue weighted by molar-refractivity contribution is 0.216. The number of ether oxygens (including phenoxy) is 2. The third-order valence-corrected chi connectivity index (χ3v) is 5.53. The Balaban J connectivity index is 1.26. The molecule has 3 aromatic carbocycles. The van der Waals surface area contributed by atoms with Gasteiger partial charge in [0.1, 0.15) is 19.0 Å². The molecule has 0 saturated carbocycles. The summed E-state index contributed by atoms with van der Waals surface area (Å²) in [6.07, 6.45) is 6.87. The third kappa shape index (κ3) is 7.64. The molecular formula is C34H24N4O2. The molecule has 6 heteroatoms. The molecule has 6 nitrogen and oxygen atoms in total. The van der Waals surface area contributed by atoms with E-state index in [0.29, 0.717) is 24.7 Å². The molecule has 0 amide bonds. The summed E-state index contributed by atoms with van der Waals surface area (Å²) in [4.78, 5) is 8.10. The zero-order valence-corrected chi connectivity index (χ0v) is 21.6. The van der Waals surface area contributed by atoms with E-state index in [1.807, 2.05) is 97.1 Å². The molecule has 2 heterocycles. The molecule has 0 radical (unpaired) electrons. The molecule has 0 saturated heterocycles. The van der Waals surface area contributed by atoms with Gasteiger partial charge in [-0.05, 0) is 72.8 Å². The van der Waals surface area contributed by atoms with E-state index in [1.165, 1.54) is 0 Å². The fraction of sp³-hybridized carbons (Fsp3) is 0.0588. The van der Waals surface area contributed by atoms with Gasteiger partial charge < -0.3 is 9.47 Å². The molecule has 5 aromatic rings. The zero-order chi connectivity index (χ0) is 27.2. The van der Waals surface area contributed by atoms with Crippen molar-refractivity contribution in [3.05, 3.63) is 144 Å². The molecule has 0 unspecified atom stereocenters. The number of nitrogens with zero attached hydrogens (tertiary/aromatic N) is 4. The molecule has 40 heavy (non-hydrogen) atoms. The Morgan fingerprint density at radius 2 is 1.02 bits per heavy atom. The first-order chi connectivity index (χ1) is 19.8. The Kier molecular flexibility index (Phi) is 8.89. The van der Waals surface area contributed by atoms with E-state index in [1.54, 1.807) is 24.8 Å². The molecule has 0 aliphatic carbocycles. The molecule has 0 aliphatic rings. The van der Waals surface area contributed by atoms with Crippen LogP contribution in [-0.4, -0.2) is 23.2 Å². The molecule has 0 atom stereocenters. The quantitative estimate of drug-likeness (QED) is 0.130. The van der Waals surface area contributed by atoms with E-state index < -0.39 is 0 Å². The molecule has 5 rings (SSSR count). The fourth-order valence-corrected chi connectivity index (χ4v) is 3.56. The van der Waals surface area contributed by atoms with Gasteiger partial charge >= 0.3 is 0 Å². The maximum atomic E-state index is 6.19. The highest BCUT2D eigenvalue weighted by molar-refractivity contribution is 5.59. The molecule has 0 N–H and O–H groups in total. The van der Waals surface area contributed by atoms with Gasteiger partial charge in [0.05, 0.1) is 22.5 Å². The molecule has 2 aromatic heterocycles. The van der Waals surface area contributed by atoms with Crippen molar-refractivity contribution in [1.82, 2.24) is 9.97 Å². The first-order valence-corrected chi connectivity index (χ1v) is 12.6. The van der Waals surface area contributed by atoms with E-state index in [9.17, 15) is 0 Å². The average Bonchev–Trinajstić information content (AvgIpc) is 3.02. The molecule has 192 valence electrons. The summed E-state index contributed by atoms with van der Waals surface area (Å²) in [6.45, 7) is 0.654. The maximum Gasteiger partial charge on any atom is 0.150 e. The first-order valence-electron chi connectivity index (χ1n) is 12.6. The highest BCUT2D eigenvalue weighted by Crippen LogP contribution is 2.24. The van der Waals surface area contributed by atoms with Gasteiger partial charge in [0, 0.05) is 35.9 Å². The lowest BCUT2D eigenvalue weighted by Crippen LogP contribution is -2.10. The first kappa shape index (κ1) is 25.9. The Morgan fingerprint density at radius 3 is 1.60 bits per heavy atom. The van der Waals surface area contributed by atoms with Crippen LogP contribution in [0.3, 0.4) is 0 Å². The van der Waals surface area contributed by atoms with Gasteiger partial charge in [-0.25, -0.2) is 0 Å². The summed E-state index contributed by atoms with van der Waals surface area (Å²) in [5.74, 6) is 14.1. The number of aromatic nitrogens is 2. The monoisotopic (exact) mass is 520 g/mol. The maximum absolute atomic E-state index is 6.19. The van der Waals surface area contributed by atoms with E-state index in [2.05, 4.69) is 43.9 Å². The van der Waals surface area contributed by atoms with Crippen LogP contribution in [0, 0.1) is 23.7 Å². The number of pyridine rings is 2. The number of azo groups is 1. The van der Waals surface area contributed by atoms with E-state index in [4.69, 9.17) is 9.47 Å². The topological polar surface area (TPSA) is 69.0 Å².